The molecule has 7 heteroatoms. The van der Waals surface area contributed by atoms with Gasteiger partial charge in [0.25, 0.3) is 0 Å². The normalized spacial score (nSPS) is 14.9. The van der Waals surface area contributed by atoms with Crippen molar-refractivity contribution in [3.8, 4) is 0 Å². The van der Waals surface area contributed by atoms with E-state index in [1.807, 2.05) is 0 Å². The molecule has 1 aliphatic rings. The second-order valence-electron chi connectivity index (χ2n) is 4.96. The summed E-state index contributed by atoms with van der Waals surface area (Å²) in [6.07, 6.45) is 2.45. The van der Waals surface area contributed by atoms with E-state index in [2.05, 4.69) is 31.5 Å². The fourth-order valence-electron chi connectivity index (χ4n) is 2.29. The first kappa shape index (κ1) is 15.8. The SMILES string of the molecule is O=C(NCCN1CCCC1)Nc1cc(Br)cc(C(=O)O)c1. The second-order valence-corrected chi connectivity index (χ2v) is 5.88. The molecular weight excluding hydrogens is 338 g/mol. The number of nitrogens with zero attached hydrogens (tertiary/aromatic N) is 1. The molecule has 0 saturated carbocycles. The van der Waals surface area contributed by atoms with Crippen molar-refractivity contribution >= 4 is 33.6 Å². The fourth-order valence-corrected chi connectivity index (χ4v) is 2.79. The van der Waals surface area contributed by atoms with Crippen LogP contribution < -0.4 is 10.6 Å². The van der Waals surface area contributed by atoms with Gasteiger partial charge in [-0.15, -0.1) is 0 Å². The summed E-state index contributed by atoms with van der Waals surface area (Å²) >= 11 is 3.23. The number of anilines is 1. The Balaban J connectivity index is 1.82. The first-order chi connectivity index (χ1) is 10.0. The summed E-state index contributed by atoms with van der Waals surface area (Å²) in [5, 5.41) is 14.4. The Morgan fingerprint density at radius 1 is 1.24 bits per heavy atom. The monoisotopic (exact) mass is 355 g/mol. The van der Waals surface area contributed by atoms with Crippen molar-refractivity contribution in [3.63, 3.8) is 0 Å². The number of halogens is 1. The van der Waals surface area contributed by atoms with Crippen LogP contribution in [-0.2, 0) is 0 Å². The van der Waals surface area contributed by atoms with E-state index in [0.717, 1.165) is 19.6 Å². The van der Waals surface area contributed by atoms with Crippen LogP contribution in [0.2, 0.25) is 0 Å². The largest absolute Gasteiger partial charge is 0.478 e. The molecule has 6 nitrogen and oxygen atoms in total. The van der Waals surface area contributed by atoms with Crippen molar-refractivity contribution in [3.05, 3.63) is 28.2 Å². The predicted molar refractivity (Wildman–Crippen MR) is 83.8 cm³/mol. The van der Waals surface area contributed by atoms with Gasteiger partial charge >= 0.3 is 12.0 Å². The third kappa shape index (κ3) is 5.02. The smallest absolute Gasteiger partial charge is 0.335 e. The molecule has 0 spiro atoms. The van der Waals surface area contributed by atoms with E-state index in [1.54, 1.807) is 6.07 Å². The van der Waals surface area contributed by atoms with Gasteiger partial charge in [-0.3, -0.25) is 0 Å². The van der Waals surface area contributed by atoms with Gasteiger partial charge in [0, 0.05) is 23.2 Å². The van der Waals surface area contributed by atoms with Crippen molar-refractivity contribution in [1.82, 2.24) is 10.2 Å². The number of carboxylic acid groups (broad SMARTS) is 1. The van der Waals surface area contributed by atoms with Crippen LogP contribution in [0.15, 0.2) is 22.7 Å². The molecule has 1 aromatic rings. The quantitative estimate of drug-likeness (QED) is 0.757. The standard InChI is InChI=1S/C14H18BrN3O3/c15-11-7-10(13(19)20)8-12(9-11)17-14(21)16-3-6-18-4-1-2-5-18/h7-9H,1-6H2,(H,19,20)(H2,16,17,21). The van der Waals surface area contributed by atoms with Gasteiger partial charge < -0.3 is 20.6 Å². The van der Waals surface area contributed by atoms with Crippen LogP contribution >= 0.6 is 15.9 Å². The van der Waals surface area contributed by atoms with Crippen LogP contribution in [0.5, 0.6) is 0 Å². The minimum atomic E-state index is -1.03. The first-order valence-electron chi connectivity index (χ1n) is 6.86. The van der Waals surface area contributed by atoms with Crippen molar-refractivity contribution < 1.29 is 14.7 Å². The zero-order valence-electron chi connectivity index (χ0n) is 11.6. The predicted octanol–water partition coefficient (Wildman–Crippen LogP) is 2.36. The molecule has 1 heterocycles. The summed E-state index contributed by atoms with van der Waals surface area (Å²) in [6.45, 7) is 3.60. The Morgan fingerprint density at radius 3 is 2.62 bits per heavy atom. The molecule has 2 rings (SSSR count). The number of likely N-dealkylation sites (tertiary alicyclic amines) is 1. The topological polar surface area (TPSA) is 81.7 Å². The summed E-state index contributed by atoms with van der Waals surface area (Å²) in [5.41, 5.74) is 0.567. The van der Waals surface area contributed by atoms with Gasteiger partial charge in [-0.1, -0.05) is 15.9 Å². The summed E-state index contributed by atoms with van der Waals surface area (Å²) in [4.78, 5) is 25.0. The lowest BCUT2D eigenvalue weighted by Gasteiger charge is -2.15. The molecule has 0 aliphatic carbocycles. The Kier molecular flexibility index (Phi) is 5.58. The average Bonchev–Trinajstić information content (AvgIpc) is 2.91. The van der Waals surface area contributed by atoms with Crippen molar-refractivity contribution in [2.75, 3.05) is 31.5 Å². The number of hydrogen-bond donors (Lipinski definition) is 3. The molecule has 0 bridgehead atoms. The molecule has 21 heavy (non-hydrogen) atoms. The summed E-state index contributed by atoms with van der Waals surface area (Å²) in [6, 6.07) is 4.24. The van der Waals surface area contributed by atoms with E-state index in [0.29, 0.717) is 16.7 Å². The summed E-state index contributed by atoms with van der Waals surface area (Å²) in [7, 11) is 0. The highest BCUT2D eigenvalue weighted by Gasteiger charge is 2.12. The number of urea groups is 1. The lowest BCUT2D eigenvalue weighted by atomic mass is 10.2. The van der Waals surface area contributed by atoms with E-state index in [1.165, 1.54) is 25.0 Å². The van der Waals surface area contributed by atoms with Crippen molar-refractivity contribution in [2.24, 2.45) is 0 Å². The van der Waals surface area contributed by atoms with Crippen molar-refractivity contribution in [2.45, 2.75) is 12.8 Å². The highest BCUT2D eigenvalue weighted by molar-refractivity contribution is 9.10. The Morgan fingerprint density at radius 2 is 1.95 bits per heavy atom. The Bertz CT molecular complexity index is 530. The van der Waals surface area contributed by atoms with Gasteiger partial charge in [0.15, 0.2) is 0 Å². The van der Waals surface area contributed by atoms with Crippen LogP contribution in [0.25, 0.3) is 0 Å². The van der Waals surface area contributed by atoms with Gasteiger partial charge in [-0.05, 0) is 44.1 Å². The number of benzene rings is 1. The summed E-state index contributed by atoms with van der Waals surface area (Å²) < 4.78 is 0.606. The lowest BCUT2D eigenvalue weighted by molar-refractivity contribution is 0.0697. The number of carbonyl (C=O) groups is 2. The average molecular weight is 356 g/mol. The van der Waals surface area contributed by atoms with E-state index >= 15 is 0 Å². The molecule has 2 amide bonds. The molecular formula is C14H18BrN3O3. The zero-order valence-corrected chi connectivity index (χ0v) is 13.1. The molecule has 1 saturated heterocycles. The van der Waals surface area contributed by atoms with Gasteiger partial charge in [0.05, 0.1) is 5.56 Å². The third-order valence-electron chi connectivity index (χ3n) is 3.31. The maximum atomic E-state index is 11.8. The molecule has 1 aliphatic heterocycles. The molecule has 0 radical (unpaired) electrons. The molecule has 1 aromatic carbocycles. The van der Waals surface area contributed by atoms with E-state index in [4.69, 9.17) is 5.11 Å². The highest BCUT2D eigenvalue weighted by Crippen LogP contribution is 2.19. The first-order valence-corrected chi connectivity index (χ1v) is 7.65. The molecule has 3 N–H and O–H groups in total. The lowest BCUT2D eigenvalue weighted by Crippen LogP contribution is -2.35. The van der Waals surface area contributed by atoms with Crippen LogP contribution in [-0.4, -0.2) is 48.2 Å². The highest BCUT2D eigenvalue weighted by atomic mass is 79.9. The minimum Gasteiger partial charge on any atom is -0.478 e. The van der Waals surface area contributed by atoms with E-state index in [-0.39, 0.29) is 11.6 Å². The number of rotatable bonds is 5. The third-order valence-corrected chi connectivity index (χ3v) is 3.77. The van der Waals surface area contributed by atoms with E-state index < -0.39 is 5.97 Å². The second kappa shape index (κ2) is 7.42. The molecule has 1 fully saturated rings. The Labute approximate surface area is 131 Å². The van der Waals surface area contributed by atoms with Crippen molar-refractivity contribution in [1.29, 1.82) is 0 Å². The molecule has 0 atom stereocenters. The van der Waals surface area contributed by atoms with Gasteiger partial charge in [-0.2, -0.15) is 0 Å². The molecule has 0 aromatic heterocycles. The minimum absolute atomic E-state index is 0.122. The maximum Gasteiger partial charge on any atom is 0.335 e. The van der Waals surface area contributed by atoms with Crippen LogP contribution in [0.1, 0.15) is 23.2 Å². The molecule has 0 unspecified atom stereocenters. The zero-order chi connectivity index (χ0) is 15.2. The maximum absolute atomic E-state index is 11.8. The van der Waals surface area contributed by atoms with E-state index in [9.17, 15) is 9.59 Å². The fraction of sp³-hybridized carbons (Fsp3) is 0.429. The Hall–Kier alpha value is -1.60. The number of amides is 2. The summed E-state index contributed by atoms with van der Waals surface area (Å²) in [5.74, 6) is -1.03. The number of aromatic carboxylic acids is 1. The van der Waals surface area contributed by atoms with Gasteiger partial charge in [0.1, 0.15) is 0 Å². The number of hydrogen-bond acceptors (Lipinski definition) is 3. The van der Waals surface area contributed by atoms with Crippen LogP contribution in [0, 0.1) is 0 Å². The van der Waals surface area contributed by atoms with Crippen LogP contribution in [0.4, 0.5) is 10.5 Å². The molecule has 114 valence electrons. The number of nitrogens with one attached hydrogen (secondary N) is 2. The number of carbonyl (C=O) groups excluding carboxylic acids is 1. The van der Waals surface area contributed by atoms with Gasteiger partial charge in [-0.25, -0.2) is 9.59 Å². The van der Waals surface area contributed by atoms with Crippen LogP contribution in [0.3, 0.4) is 0 Å². The van der Waals surface area contributed by atoms with Gasteiger partial charge in [0.2, 0.25) is 0 Å². The number of carboxylic acids is 1.